The summed E-state index contributed by atoms with van der Waals surface area (Å²) in [4.78, 5) is 13.6. The van der Waals surface area contributed by atoms with Crippen LogP contribution in [-0.4, -0.2) is 41.7 Å². The summed E-state index contributed by atoms with van der Waals surface area (Å²) < 4.78 is 5.71. The van der Waals surface area contributed by atoms with Crippen molar-refractivity contribution in [2.75, 3.05) is 20.1 Å². The van der Waals surface area contributed by atoms with Crippen LogP contribution in [0.25, 0.3) is 0 Å². The standard InChI is InChI=1S/C12H16N2O3/c1-7-3-8-4-13-12(11(15)16)6-14(2)5-9(12)10(8)17-7/h3,9,13H,4-6H2,1-2H3,(H,15,16). The van der Waals surface area contributed by atoms with Crippen molar-refractivity contribution in [1.82, 2.24) is 10.2 Å². The van der Waals surface area contributed by atoms with Crippen molar-refractivity contribution in [3.8, 4) is 0 Å². The molecule has 2 unspecified atom stereocenters. The Labute approximate surface area is 99.4 Å². The molecule has 0 aromatic carbocycles. The van der Waals surface area contributed by atoms with Gasteiger partial charge in [-0.25, -0.2) is 0 Å². The van der Waals surface area contributed by atoms with E-state index in [0.717, 1.165) is 23.6 Å². The zero-order chi connectivity index (χ0) is 12.2. The third kappa shape index (κ3) is 1.36. The Bertz CT molecular complexity index is 482. The molecule has 0 aliphatic carbocycles. The van der Waals surface area contributed by atoms with Crippen LogP contribution in [0.15, 0.2) is 10.5 Å². The van der Waals surface area contributed by atoms with Crippen LogP contribution >= 0.6 is 0 Å². The Morgan fingerprint density at radius 1 is 1.71 bits per heavy atom. The SMILES string of the molecule is Cc1cc2c(o1)C1CN(C)CC1(C(=O)O)NC2. The molecule has 2 atom stereocenters. The topological polar surface area (TPSA) is 65.7 Å². The number of likely N-dealkylation sites (tertiary alicyclic amines) is 1. The van der Waals surface area contributed by atoms with Gasteiger partial charge in [0, 0.05) is 25.2 Å². The molecule has 17 heavy (non-hydrogen) atoms. The number of hydrogen-bond donors (Lipinski definition) is 2. The molecule has 3 rings (SSSR count). The Morgan fingerprint density at radius 3 is 3.18 bits per heavy atom. The van der Waals surface area contributed by atoms with Crippen LogP contribution in [0.4, 0.5) is 0 Å². The number of carbonyl (C=O) groups is 1. The van der Waals surface area contributed by atoms with Gasteiger partial charge in [0.25, 0.3) is 0 Å². The van der Waals surface area contributed by atoms with E-state index in [-0.39, 0.29) is 5.92 Å². The minimum Gasteiger partial charge on any atom is -0.480 e. The molecule has 3 heterocycles. The maximum Gasteiger partial charge on any atom is 0.326 e. The van der Waals surface area contributed by atoms with Crippen LogP contribution in [0.2, 0.25) is 0 Å². The number of nitrogens with zero attached hydrogens (tertiary/aromatic N) is 1. The molecule has 1 aromatic rings. The van der Waals surface area contributed by atoms with E-state index in [4.69, 9.17) is 4.42 Å². The van der Waals surface area contributed by atoms with Crippen LogP contribution < -0.4 is 5.32 Å². The fraction of sp³-hybridized carbons (Fsp3) is 0.583. The summed E-state index contributed by atoms with van der Waals surface area (Å²) in [5, 5.41) is 12.7. The van der Waals surface area contributed by atoms with Crippen molar-refractivity contribution < 1.29 is 14.3 Å². The van der Waals surface area contributed by atoms with E-state index < -0.39 is 11.5 Å². The van der Waals surface area contributed by atoms with E-state index in [2.05, 4.69) is 5.32 Å². The predicted molar refractivity (Wildman–Crippen MR) is 60.9 cm³/mol. The number of likely N-dealkylation sites (N-methyl/N-ethyl adjacent to an activating group) is 1. The first-order chi connectivity index (χ1) is 8.03. The number of aryl methyl sites for hydroxylation is 1. The van der Waals surface area contributed by atoms with Gasteiger partial charge in [-0.05, 0) is 20.0 Å². The summed E-state index contributed by atoms with van der Waals surface area (Å²) >= 11 is 0. The highest BCUT2D eigenvalue weighted by molar-refractivity contribution is 5.82. The molecule has 0 radical (unpaired) electrons. The van der Waals surface area contributed by atoms with Crippen LogP contribution in [0, 0.1) is 6.92 Å². The molecule has 1 fully saturated rings. The quantitative estimate of drug-likeness (QED) is 0.745. The van der Waals surface area contributed by atoms with Crippen LogP contribution in [-0.2, 0) is 11.3 Å². The fourth-order valence-electron chi connectivity index (χ4n) is 3.12. The summed E-state index contributed by atoms with van der Waals surface area (Å²) in [7, 11) is 1.94. The summed E-state index contributed by atoms with van der Waals surface area (Å²) in [5.41, 5.74) is 0.214. The minimum absolute atomic E-state index is 0.0950. The second-order valence-electron chi connectivity index (χ2n) is 5.13. The highest BCUT2D eigenvalue weighted by Gasteiger charge is 2.56. The van der Waals surface area contributed by atoms with E-state index in [0.29, 0.717) is 13.1 Å². The highest BCUT2D eigenvalue weighted by atomic mass is 16.4. The monoisotopic (exact) mass is 236 g/mol. The molecule has 92 valence electrons. The van der Waals surface area contributed by atoms with Crippen molar-refractivity contribution in [3.05, 3.63) is 23.2 Å². The average molecular weight is 236 g/mol. The fourth-order valence-corrected chi connectivity index (χ4v) is 3.12. The van der Waals surface area contributed by atoms with E-state index in [9.17, 15) is 9.90 Å². The molecule has 0 spiro atoms. The number of carboxylic acids is 1. The first kappa shape index (κ1) is 10.8. The van der Waals surface area contributed by atoms with Gasteiger partial charge in [0.05, 0.1) is 5.92 Å². The highest BCUT2D eigenvalue weighted by Crippen LogP contribution is 2.41. The Kier molecular flexibility index (Phi) is 2.12. The molecular formula is C12H16N2O3. The first-order valence-electron chi connectivity index (χ1n) is 5.79. The van der Waals surface area contributed by atoms with Gasteiger partial charge in [-0.2, -0.15) is 0 Å². The molecule has 1 aromatic heterocycles. The minimum atomic E-state index is -0.883. The van der Waals surface area contributed by atoms with Gasteiger partial charge in [0.2, 0.25) is 0 Å². The molecule has 2 N–H and O–H groups in total. The molecular weight excluding hydrogens is 220 g/mol. The molecule has 5 heteroatoms. The normalized spacial score (nSPS) is 32.2. The summed E-state index contributed by atoms with van der Waals surface area (Å²) in [6, 6.07) is 1.99. The van der Waals surface area contributed by atoms with Crippen molar-refractivity contribution in [1.29, 1.82) is 0 Å². The van der Waals surface area contributed by atoms with Crippen LogP contribution in [0.3, 0.4) is 0 Å². The van der Waals surface area contributed by atoms with E-state index in [1.165, 1.54) is 0 Å². The van der Waals surface area contributed by atoms with Gasteiger partial charge < -0.3 is 14.4 Å². The van der Waals surface area contributed by atoms with E-state index in [1.807, 2.05) is 24.9 Å². The Morgan fingerprint density at radius 2 is 2.47 bits per heavy atom. The molecule has 0 amide bonds. The summed E-state index contributed by atoms with van der Waals surface area (Å²) in [6.07, 6.45) is 0. The Balaban J connectivity index is 2.10. The molecule has 0 bridgehead atoms. The number of aliphatic carboxylic acids is 1. The predicted octanol–water partition coefficient (Wildman–Crippen LogP) is 0.544. The zero-order valence-electron chi connectivity index (χ0n) is 9.99. The van der Waals surface area contributed by atoms with E-state index >= 15 is 0 Å². The average Bonchev–Trinajstić information content (AvgIpc) is 2.76. The first-order valence-corrected chi connectivity index (χ1v) is 5.79. The maximum atomic E-state index is 11.6. The van der Waals surface area contributed by atoms with Gasteiger partial charge in [-0.3, -0.25) is 10.1 Å². The largest absolute Gasteiger partial charge is 0.480 e. The lowest BCUT2D eigenvalue weighted by atomic mass is 9.81. The van der Waals surface area contributed by atoms with Crippen molar-refractivity contribution in [2.45, 2.75) is 24.9 Å². The molecule has 2 aliphatic rings. The van der Waals surface area contributed by atoms with Crippen molar-refractivity contribution in [2.24, 2.45) is 0 Å². The van der Waals surface area contributed by atoms with Gasteiger partial charge in [0.15, 0.2) is 0 Å². The van der Waals surface area contributed by atoms with Crippen LogP contribution in [0.1, 0.15) is 23.0 Å². The number of rotatable bonds is 1. The molecule has 5 nitrogen and oxygen atoms in total. The number of nitrogens with one attached hydrogen (secondary N) is 1. The number of fused-ring (bicyclic) bond motifs is 3. The van der Waals surface area contributed by atoms with Gasteiger partial charge >= 0.3 is 5.97 Å². The zero-order valence-corrected chi connectivity index (χ0v) is 9.99. The van der Waals surface area contributed by atoms with Gasteiger partial charge in [-0.1, -0.05) is 0 Å². The number of hydrogen-bond acceptors (Lipinski definition) is 4. The van der Waals surface area contributed by atoms with Crippen molar-refractivity contribution >= 4 is 5.97 Å². The Hall–Kier alpha value is -1.33. The maximum absolute atomic E-state index is 11.6. The molecule has 0 saturated carbocycles. The summed E-state index contributed by atoms with van der Waals surface area (Å²) in [6.45, 7) is 3.72. The third-order valence-electron chi connectivity index (χ3n) is 3.87. The number of furan rings is 1. The second-order valence-corrected chi connectivity index (χ2v) is 5.13. The lowest BCUT2D eigenvalue weighted by molar-refractivity contribution is -0.145. The third-order valence-corrected chi connectivity index (χ3v) is 3.87. The number of carboxylic acid groups (broad SMARTS) is 1. The lowest BCUT2D eigenvalue weighted by Crippen LogP contribution is -2.58. The smallest absolute Gasteiger partial charge is 0.326 e. The summed E-state index contributed by atoms with van der Waals surface area (Å²) in [5.74, 6) is 0.828. The van der Waals surface area contributed by atoms with E-state index in [1.54, 1.807) is 0 Å². The molecule has 1 saturated heterocycles. The van der Waals surface area contributed by atoms with Crippen LogP contribution in [0.5, 0.6) is 0 Å². The van der Waals surface area contributed by atoms with Crippen molar-refractivity contribution in [3.63, 3.8) is 0 Å². The molecule has 2 aliphatic heterocycles. The van der Waals surface area contributed by atoms with Gasteiger partial charge in [0.1, 0.15) is 17.1 Å². The van der Waals surface area contributed by atoms with Gasteiger partial charge in [-0.15, -0.1) is 0 Å². The lowest BCUT2D eigenvalue weighted by Gasteiger charge is -2.34. The second kappa shape index (κ2) is 3.34.